The van der Waals surface area contributed by atoms with Crippen molar-refractivity contribution in [1.82, 2.24) is 0 Å². The third-order valence-corrected chi connectivity index (χ3v) is 4.97. The van der Waals surface area contributed by atoms with E-state index in [1.807, 2.05) is 30.3 Å². The SMILES string of the molecule is NS(=O)(=O)c1ccc2c(c1)CCN2Cc1ccccc1Cl. The number of hydrogen-bond donors (Lipinski definition) is 1. The molecule has 2 aromatic rings. The van der Waals surface area contributed by atoms with Gasteiger partial charge in [0.25, 0.3) is 0 Å². The molecule has 0 radical (unpaired) electrons. The second-order valence-corrected chi connectivity index (χ2v) is 7.07. The van der Waals surface area contributed by atoms with Crippen LogP contribution in [0.4, 0.5) is 5.69 Å². The van der Waals surface area contributed by atoms with Crippen molar-refractivity contribution in [3.8, 4) is 0 Å². The van der Waals surface area contributed by atoms with E-state index in [-0.39, 0.29) is 4.90 Å². The largest absolute Gasteiger partial charge is 0.367 e. The fourth-order valence-corrected chi connectivity index (χ4v) is 3.38. The summed E-state index contributed by atoms with van der Waals surface area (Å²) in [7, 11) is -3.65. The Hall–Kier alpha value is -1.56. The Balaban J connectivity index is 1.90. The molecule has 3 rings (SSSR count). The molecule has 6 heteroatoms. The average molecular weight is 323 g/mol. The van der Waals surface area contributed by atoms with Gasteiger partial charge in [-0.25, -0.2) is 13.6 Å². The molecule has 0 aliphatic carbocycles. The number of hydrogen-bond acceptors (Lipinski definition) is 3. The van der Waals surface area contributed by atoms with E-state index in [1.165, 1.54) is 0 Å². The van der Waals surface area contributed by atoms with Gasteiger partial charge in [-0.05, 0) is 41.8 Å². The first-order chi connectivity index (χ1) is 9.95. The Bertz CT molecular complexity index is 790. The summed E-state index contributed by atoms with van der Waals surface area (Å²) in [5, 5.41) is 5.91. The van der Waals surface area contributed by atoms with Crippen molar-refractivity contribution >= 4 is 27.3 Å². The molecule has 0 fully saturated rings. The molecule has 0 amide bonds. The first kappa shape index (κ1) is 14.4. The van der Waals surface area contributed by atoms with Crippen molar-refractivity contribution in [2.75, 3.05) is 11.4 Å². The van der Waals surface area contributed by atoms with Gasteiger partial charge in [0.15, 0.2) is 0 Å². The quantitative estimate of drug-likeness (QED) is 0.944. The predicted octanol–water partition coefficient (Wildman–Crippen LogP) is 2.55. The Morgan fingerprint density at radius 3 is 2.67 bits per heavy atom. The first-order valence-corrected chi connectivity index (χ1v) is 8.51. The van der Waals surface area contributed by atoms with Gasteiger partial charge in [0, 0.05) is 23.8 Å². The topological polar surface area (TPSA) is 63.4 Å². The number of halogens is 1. The minimum atomic E-state index is -3.65. The van der Waals surface area contributed by atoms with Gasteiger partial charge in [-0.1, -0.05) is 29.8 Å². The molecular formula is C15H15ClN2O2S. The highest BCUT2D eigenvalue weighted by molar-refractivity contribution is 7.89. The highest BCUT2D eigenvalue weighted by atomic mass is 35.5. The van der Waals surface area contributed by atoms with Gasteiger partial charge in [-0.2, -0.15) is 0 Å². The zero-order chi connectivity index (χ0) is 15.0. The lowest BCUT2D eigenvalue weighted by atomic mass is 10.1. The predicted molar refractivity (Wildman–Crippen MR) is 84.0 cm³/mol. The second kappa shape index (κ2) is 5.33. The average Bonchev–Trinajstić information content (AvgIpc) is 2.83. The lowest BCUT2D eigenvalue weighted by Gasteiger charge is -2.20. The van der Waals surface area contributed by atoms with Crippen molar-refractivity contribution in [2.24, 2.45) is 5.14 Å². The van der Waals surface area contributed by atoms with E-state index in [4.69, 9.17) is 16.7 Å². The van der Waals surface area contributed by atoms with Crippen molar-refractivity contribution in [3.63, 3.8) is 0 Å². The number of nitrogens with two attached hydrogens (primary N) is 1. The Morgan fingerprint density at radius 2 is 1.95 bits per heavy atom. The van der Waals surface area contributed by atoms with Crippen molar-refractivity contribution in [3.05, 3.63) is 58.6 Å². The first-order valence-electron chi connectivity index (χ1n) is 6.59. The summed E-state index contributed by atoms with van der Waals surface area (Å²) >= 11 is 6.19. The molecule has 110 valence electrons. The zero-order valence-electron chi connectivity index (χ0n) is 11.3. The fraction of sp³-hybridized carbons (Fsp3) is 0.200. The maximum atomic E-state index is 11.4. The van der Waals surface area contributed by atoms with E-state index in [0.29, 0.717) is 6.54 Å². The summed E-state index contributed by atoms with van der Waals surface area (Å²) in [4.78, 5) is 2.37. The number of benzene rings is 2. The summed E-state index contributed by atoms with van der Waals surface area (Å²) in [6, 6.07) is 12.8. The van der Waals surface area contributed by atoms with Crippen LogP contribution in [0.25, 0.3) is 0 Å². The molecule has 0 unspecified atom stereocenters. The van der Waals surface area contributed by atoms with Crippen LogP contribution in [-0.4, -0.2) is 15.0 Å². The maximum absolute atomic E-state index is 11.4. The Morgan fingerprint density at radius 1 is 1.19 bits per heavy atom. The molecule has 0 atom stereocenters. The van der Waals surface area contributed by atoms with E-state index >= 15 is 0 Å². The van der Waals surface area contributed by atoms with E-state index in [0.717, 1.165) is 34.8 Å². The van der Waals surface area contributed by atoms with Crippen molar-refractivity contribution < 1.29 is 8.42 Å². The molecule has 1 aliphatic heterocycles. The Kier molecular flexibility index (Phi) is 3.65. The zero-order valence-corrected chi connectivity index (χ0v) is 12.9. The molecule has 2 aromatic carbocycles. The molecule has 0 aromatic heterocycles. The molecule has 4 nitrogen and oxygen atoms in total. The molecule has 2 N–H and O–H groups in total. The van der Waals surface area contributed by atoms with E-state index < -0.39 is 10.0 Å². The van der Waals surface area contributed by atoms with E-state index in [2.05, 4.69) is 4.90 Å². The second-order valence-electron chi connectivity index (χ2n) is 5.10. The minimum Gasteiger partial charge on any atom is -0.367 e. The van der Waals surface area contributed by atoms with Gasteiger partial charge < -0.3 is 4.90 Å². The third-order valence-electron chi connectivity index (χ3n) is 3.69. The number of primary sulfonamides is 1. The summed E-state index contributed by atoms with van der Waals surface area (Å²) in [6.07, 6.45) is 0.809. The van der Waals surface area contributed by atoms with Gasteiger partial charge in [-0.3, -0.25) is 0 Å². The smallest absolute Gasteiger partial charge is 0.238 e. The highest BCUT2D eigenvalue weighted by Gasteiger charge is 2.21. The molecule has 1 aliphatic rings. The monoisotopic (exact) mass is 322 g/mol. The minimum absolute atomic E-state index is 0.167. The summed E-state index contributed by atoms with van der Waals surface area (Å²) < 4.78 is 22.8. The van der Waals surface area contributed by atoms with Crippen LogP contribution in [-0.2, 0) is 23.0 Å². The number of nitrogens with zero attached hydrogens (tertiary/aromatic N) is 1. The molecule has 0 saturated carbocycles. The van der Waals surface area contributed by atoms with Gasteiger partial charge >= 0.3 is 0 Å². The molecule has 0 bridgehead atoms. The van der Waals surface area contributed by atoms with Crippen LogP contribution < -0.4 is 10.0 Å². The fourth-order valence-electron chi connectivity index (χ4n) is 2.62. The lowest BCUT2D eigenvalue weighted by Crippen LogP contribution is -2.19. The third kappa shape index (κ3) is 2.90. The highest BCUT2D eigenvalue weighted by Crippen LogP contribution is 2.32. The van der Waals surface area contributed by atoms with Gasteiger partial charge in [0.1, 0.15) is 0 Å². The maximum Gasteiger partial charge on any atom is 0.238 e. The van der Waals surface area contributed by atoms with Crippen molar-refractivity contribution in [1.29, 1.82) is 0 Å². The van der Waals surface area contributed by atoms with E-state index in [1.54, 1.807) is 12.1 Å². The van der Waals surface area contributed by atoms with Crippen LogP contribution in [0, 0.1) is 0 Å². The summed E-state index contributed by atoms with van der Waals surface area (Å²) in [6.45, 7) is 1.55. The molecular weight excluding hydrogens is 308 g/mol. The summed E-state index contributed by atoms with van der Waals surface area (Å²) in [5.41, 5.74) is 3.11. The van der Waals surface area contributed by atoms with Gasteiger partial charge in [-0.15, -0.1) is 0 Å². The van der Waals surface area contributed by atoms with Crippen LogP contribution in [0.5, 0.6) is 0 Å². The lowest BCUT2D eigenvalue weighted by molar-refractivity contribution is 0.597. The van der Waals surface area contributed by atoms with Crippen LogP contribution in [0.2, 0.25) is 5.02 Å². The number of rotatable bonds is 3. The van der Waals surface area contributed by atoms with E-state index in [9.17, 15) is 8.42 Å². The van der Waals surface area contributed by atoms with Crippen LogP contribution in [0.3, 0.4) is 0 Å². The van der Waals surface area contributed by atoms with Crippen LogP contribution in [0.1, 0.15) is 11.1 Å². The number of sulfonamides is 1. The van der Waals surface area contributed by atoms with Crippen LogP contribution in [0.15, 0.2) is 47.4 Å². The molecule has 0 saturated heterocycles. The summed E-state index contributed by atoms with van der Waals surface area (Å²) in [5.74, 6) is 0. The normalized spacial score (nSPS) is 14.3. The van der Waals surface area contributed by atoms with Crippen LogP contribution >= 0.6 is 11.6 Å². The molecule has 1 heterocycles. The molecule has 0 spiro atoms. The van der Waals surface area contributed by atoms with Gasteiger partial charge in [0.2, 0.25) is 10.0 Å². The molecule has 21 heavy (non-hydrogen) atoms. The van der Waals surface area contributed by atoms with Gasteiger partial charge in [0.05, 0.1) is 4.90 Å². The standard InChI is InChI=1S/C15H15ClN2O2S/c16-14-4-2-1-3-12(14)10-18-8-7-11-9-13(21(17,19)20)5-6-15(11)18/h1-6,9H,7-8,10H2,(H2,17,19,20). The Labute approximate surface area is 129 Å². The van der Waals surface area contributed by atoms with Crippen molar-refractivity contribution in [2.45, 2.75) is 17.9 Å². The number of fused-ring (bicyclic) bond motifs is 1. The number of anilines is 1.